The van der Waals surface area contributed by atoms with E-state index < -0.39 is 5.69 Å². The Bertz CT molecular complexity index is 1440. The van der Waals surface area contributed by atoms with Crippen LogP contribution >= 0.6 is 0 Å². The van der Waals surface area contributed by atoms with Gasteiger partial charge < -0.3 is 19.2 Å². The third-order valence-electron chi connectivity index (χ3n) is 6.33. The molecule has 9 nitrogen and oxygen atoms in total. The van der Waals surface area contributed by atoms with Gasteiger partial charge in [0.05, 0.1) is 32.5 Å². The first-order valence-corrected chi connectivity index (χ1v) is 11.7. The molecular formula is C26H28N4O5. The van der Waals surface area contributed by atoms with Crippen LogP contribution in [-0.4, -0.2) is 60.8 Å². The molecule has 35 heavy (non-hydrogen) atoms. The van der Waals surface area contributed by atoms with Gasteiger partial charge in [0.25, 0.3) is 0 Å². The number of nitrogens with one attached hydrogen (secondary N) is 1. The van der Waals surface area contributed by atoms with Crippen LogP contribution in [0, 0.1) is 0 Å². The van der Waals surface area contributed by atoms with Crippen molar-refractivity contribution in [3.05, 3.63) is 52.9 Å². The number of hydrogen-bond acceptors (Lipinski definition) is 7. The molecule has 4 aromatic rings. The summed E-state index contributed by atoms with van der Waals surface area (Å²) in [6.45, 7) is 2.96. The molecular weight excluding hydrogens is 448 g/mol. The molecule has 2 aromatic carbocycles. The minimum atomic E-state index is -0.391. The lowest BCUT2D eigenvalue weighted by atomic mass is 10.1. The number of carbonyl (C=O) groups excluding carboxylic acids is 1. The minimum absolute atomic E-state index is 0.0866. The van der Waals surface area contributed by atoms with E-state index in [0.29, 0.717) is 59.1 Å². The number of benzene rings is 2. The quantitative estimate of drug-likeness (QED) is 0.416. The van der Waals surface area contributed by atoms with Crippen molar-refractivity contribution in [1.82, 2.24) is 14.5 Å². The summed E-state index contributed by atoms with van der Waals surface area (Å²) < 4.78 is 18.5. The summed E-state index contributed by atoms with van der Waals surface area (Å²) in [4.78, 5) is 32.1. The predicted molar refractivity (Wildman–Crippen MR) is 134 cm³/mol. The van der Waals surface area contributed by atoms with Crippen LogP contribution in [0.15, 0.2) is 51.7 Å². The van der Waals surface area contributed by atoms with E-state index in [1.54, 1.807) is 30.9 Å². The molecule has 3 heterocycles. The molecule has 1 aliphatic heterocycles. The summed E-state index contributed by atoms with van der Waals surface area (Å²) >= 11 is 0. The fourth-order valence-corrected chi connectivity index (χ4v) is 4.62. The van der Waals surface area contributed by atoms with Gasteiger partial charge in [0, 0.05) is 18.1 Å². The van der Waals surface area contributed by atoms with Crippen molar-refractivity contribution in [1.29, 1.82) is 0 Å². The van der Waals surface area contributed by atoms with E-state index in [2.05, 4.69) is 15.2 Å². The molecule has 1 aliphatic rings. The van der Waals surface area contributed by atoms with Crippen LogP contribution in [0.3, 0.4) is 0 Å². The molecule has 0 atom stereocenters. The number of hydrogen-bond donors (Lipinski definition) is 1. The molecule has 1 saturated heterocycles. The number of likely N-dealkylation sites (tertiary alicyclic amines) is 1. The minimum Gasteiger partial charge on any atom is -0.495 e. The van der Waals surface area contributed by atoms with E-state index in [1.807, 2.05) is 30.3 Å². The van der Waals surface area contributed by atoms with Gasteiger partial charge in [0.2, 0.25) is 5.91 Å². The second-order valence-electron chi connectivity index (χ2n) is 8.61. The van der Waals surface area contributed by atoms with Crippen molar-refractivity contribution in [3.8, 4) is 17.0 Å². The molecule has 0 spiro atoms. The molecule has 1 N–H and O–H groups in total. The van der Waals surface area contributed by atoms with E-state index in [9.17, 15) is 9.59 Å². The molecule has 0 saturated carbocycles. The number of anilines is 1. The van der Waals surface area contributed by atoms with E-state index in [1.165, 1.54) is 0 Å². The Morgan fingerprint density at radius 2 is 1.94 bits per heavy atom. The normalized spacial score (nSPS) is 14.1. The van der Waals surface area contributed by atoms with Gasteiger partial charge in [-0.15, -0.1) is 0 Å². The first kappa shape index (κ1) is 23.1. The maximum atomic E-state index is 13.1. The number of carbonyl (C=O) groups is 1. The van der Waals surface area contributed by atoms with Crippen LogP contribution < -0.4 is 15.7 Å². The average Bonchev–Trinajstić information content (AvgIpc) is 3.51. The summed E-state index contributed by atoms with van der Waals surface area (Å²) in [5, 5.41) is 3.77. The first-order chi connectivity index (χ1) is 17.1. The SMILES string of the molecule is COCCn1c(=O)nc(-c2ccc(NC(=O)CN3CCCC3)c(OC)c2)c2oc3ccccc3c21. The Morgan fingerprint density at radius 1 is 1.14 bits per heavy atom. The van der Waals surface area contributed by atoms with Gasteiger partial charge in [-0.1, -0.05) is 18.2 Å². The first-order valence-electron chi connectivity index (χ1n) is 11.7. The summed E-state index contributed by atoms with van der Waals surface area (Å²) in [5.41, 5.74) is 3.10. The zero-order chi connectivity index (χ0) is 24.4. The summed E-state index contributed by atoms with van der Waals surface area (Å²) in [6, 6.07) is 12.9. The van der Waals surface area contributed by atoms with Crippen molar-refractivity contribution in [2.75, 3.05) is 45.8 Å². The lowest BCUT2D eigenvalue weighted by Gasteiger charge is -2.16. The molecule has 0 unspecified atom stereocenters. The number of rotatable bonds is 8. The number of nitrogens with zero attached hydrogens (tertiary/aromatic N) is 3. The fourth-order valence-electron chi connectivity index (χ4n) is 4.62. The maximum absolute atomic E-state index is 13.1. The van der Waals surface area contributed by atoms with Gasteiger partial charge in [0.1, 0.15) is 22.5 Å². The number of aromatic nitrogens is 2. The van der Waals surface area contributed by atoms with Gasteiger partial charge >= 0.3 is 5.69 Å². The Balaban J connectivity index is 1.55. The number of fused-ring (bicyclic) bond motifs is 3. The highest BCUT2D eigenvalue weighted by molar-refractivity contribution is 6.06. The summed E-state index contributed by atoms with van der Waals surface area (Å²) in [7, 11) is 3.14. The molecule has 2 aromatic heterocycles. The second kappa shape index (κ2) is 9.89. The van der Waals surface area contributed by atoms with Gasteiger partial charge in [-0.3, -0.25) is 14.3 Å². The molecule has 0 aliphatic carbocycles. The van der Waals surface area contributed by atoms with Crippen LogP contribution in [0.2, 0.25) is 0 Å². The molecule has 0 radical (unpaired) electrons. The lowest BCUT2D eigenvalue weighted by Crippen LogP contribution is -2.31. The third kappa shape index (κ3) is 4.52. The molecule has 9 heteroatoms. The van der Waals surface area contributed by atoms with Crippen LogP contribution in [0.1, 0.15) is 12.8 Å². The maximum Gasteiger partial charge on any atom is 0.348 e. The Kier molecular flexibility index (Phi) is 6.52. The van der Waals surface area contributed by atoms with Crippen molar-refractivity contribution in [2.24, 2.45) is 0 Å². The number of ether oxygens (including phenoxy) is 2. The Hall–Kier alpha value is -3.69. The Morgan fingerprint density at radius 3 is 2.71 bits per heavy atom. The molecule has 1 fully saturated rings. The topological polar surface area (TPSA) is 98.8 Å². The van der Waals surface area contributed by atoms with Crippen LogP contribution in [0.4, 0.5) is 5.69 Å². The van der Waals surface area contributed by atoms with Crippen LogP contribution in [0.25, 0.3) is 33.3 Å². The number of amides is 1. The van der Waals surface area contributed by atoms with Gasteiger partial charge in [-0.05, 0) is 50.2 Å². The fraction of sp³-hybridized carbons (Fsp3) is 0.346. The van der Waals surface area contributed by atoms with Crippen molar-refractivity contribution >= 4 is 33.7 Å². The van der Waals surface area contributed by atoms with Crippen molar-refractivity contribution in [2.45, 2.75) is 19.4 Å². The standard InChI is InChI=1S/C26H28N4O5/c1-33-14-13-30-24-18-7-3-4-8-20(18)35-25(24)23(28-26(30)32)17-9-10-19(21(15-17)34-2)27-22(31)16-29-11-5-6-12-29/h3-4,7-10,15H,5-6,11-14,16H2,1-2H3,(H,27,31). The van der Waals surface area contributed by atoms with Gasteiger partial charge in [0.15, 0.2) is 5.58 Å². The monoisotopic (exact) mass is 476 g/mol. The van der Waals surface area contributed by atoms with E-state index in [0.717, 1.165) is 31.3 Å². The predicted octanol–water partition coefficient (Wildman–Crippen LogP) is 3.50. The average molecular weight is 477 g/mol. The number of methoxy groups -OCH3 is 2. The Labute approximate surface area is 202 Å². The highest BCUT2D eigenvalue weighted by Crippen LogP contribution is 2.36. The highest BCUT2D eigenvalue weighted by atomic mass is 16.5. The summed E-state index contributed by atoms with van der Waals surface area (Å²) in [6.07, 6.45) is 2.25. The second-order valence-corrected chi connectivity index (χ2v) is 8.61. The highest BCUT2D eigenvalue weighted by Gasteiger charge is 2.21. The van der Waals surface area contributed by atoms with Gasteiger partial charge in [-0.25, -0.2) is 4.79 Å². The van der Waals surface area contributed by atoms with Crippen LogP contribution in [0.5, 0.6) is 5.75 Å². The van der Waals surface area contributed by atoms with E-state index >= 15 is 0 Å². The zero-order valence-corrected chi connectivity index (χ0v) is 19.9. The summed E-state index contributed by atoms with van der Waals surface area (Å²) in [5.74, 6) is 0.392. The molecule has 182 valence electrons. The number of furan rings is 1. The zero-order valence-electron chi connectivity index (χ0n) is 19.9. The van der Waals surface area contributed by atoms with E-state index in [4.69, 9.17) is 13.9 Å². The molecule has 0 bridgehead atoms. The van der Waals surface area contributed by atoms with Crippen molar-refractivity contribution < 1.29 is 18.7 Å². The largest absolute Gasteiger partial charge is 0.495 e. The molecule has 1 amide bonds. The van der Waals surface area contributed by atoms with E-state index in [-0.39, 0.29) is 5.91 Å². The lowest BCUT2D eigenvalue weighted by molar-refractivity contribution is -0.117. The van der Waals surface area contributed by atoms with Crippen LogP contribution in [-0.2, 0) is 16.1 Å². The third-order valence-corrected chi connectivity index (χ3v) is 6.33. The molecule has 5 rings (SSSR count). The smallest absolute Gasteiger partial charge is 0.348 e. The number of para-hydroxylation sites is 1. The van der Waals surface area contributed by atoms with Gasteiger partial charge in [-0.2, -0.15) is 4.98 Å². The van der Waals surface area contributed by atoms with Crippen molar-refractivity contribution in [3.63, 3.8) is 0 Å².